The molecule has 0 aromatic heterocycles. The molecule has 0 aliphatic heterocycles. The van der Waals surface area contributed by atoms with Crippen molar-refractivity contribution in [3.63, 3.8) is 0 Å². The average molecular weight is 342 g/mol. The number of hydrogen-bond acceptors (Lipinski definition) is 2. The number of nitrogens with one attached hydrogen (secondary N) is 1. The number of benzene rings is 3. The zero-order valence-electron chi connectivity index (χ0n) is 11.8. The summed E-state index contributed by atoms with van der Waals surface area (Å²) in [7, 11) is 1.68. The van der Waals surface area contributed by atoms with Crippen LogP contribution < -0.4 is 10.1 Å². The predicted molar refractivity (Wildman–Crippen MR) is 92.0 cm³/mol. The Labute approximate surface area is 132 Å². The number of methoxy groups -OCH3 is 1. The summed E-state index contributed by atoms with van der Waals surface area (Å²) in [6, 6.07) is 20.8. The number of ether oxygens (including phenoxy) is 1. The molecule has 0 bridgehead atoms. The first-order valence-corrected chi connectivity index (χ1v) is 7.60. The van der Waals surface area contributed by atoms with Crippen LogP contribution in [0.3, 0.4) is 0 Å². The van der Waals surface area contributed by atoms with Crippen LogP contribution in [-0.4, -0.2) is 7.11 Å². The van der Waals surface area contributed by atoms with Crippen LogP contribution in [0.4, 0.5) is 5.69 Å². The van der Waals surface area contributed by atoms with Gasteiger partial charge in [0.05, 0.1) is 12.8 Å². The highest BCUT2D eigenvalue weighted by Crippen LogP contribution is 2.27. The van der Waals surface area contributed by atoms with Crippen LogP contribution >= 0.6 is 15.9 Å². The molecule has 0 atom stereocenters. The maximum absolute atomic E-state index is 5.26. The lowest BCUT2D eigenvalue weighted by Gasteiger charge is -2.11. The molecule has 0 radical (unpaired) electrons. The fourth-order valence-electron chi connectivity index (χ4n) is 2.31. The summed E-state index contributed by atoms with van der Waals surface area (Å²) in [5.74, 6) is 0.846. The Kier molecular flexibility index (Phi) is 4.11. The van der Waals surface area contributed by atoms with E-state index in [0.717, 1.165) is 22.5 Å². The van der Waals surface area contributed by atoms with Crippen molar-refractivity contribution < 1.29 is 4.74 Å². The van der Waals surface area contributed by atoms with Crippen molar-refractivity contribution in [2.24, 2.45) is 0 Å². The van der Waals surface area contributed by atoms with Crippen molar-refractivity contribution in [1.82, 2.24) is 0 Å². The number of fused-ring (bicyclic) bond motifs is 1. The van der Waals surface area contributed by atoms with Crippen molar-refractivity contribution in [2.75, 3.05) is 12.4 Å². The minimum atomic E-state index is 0.774. The molecule has 0 heterocycles. The van der Waals surface area contributed by atoms with E-state index in [4.69, 9.17) is 4.74 Å². The molecule has 3 aromatic carbocycles. The second kappa shape index (κ2) is 6.19. The Balaban J connectivity index is 1.80. The van der Waals surface area contributed by atoms with E-state index in [2.05, 4.69) is 63.7 Å². The highest BCUT2D eigenvalue weighted by molar-refractivity contribution is 9.10. The molecule has 21 heavy (non-hydrogen) atoms. The summed E-state index contributed by atoms with van der Waals surface area (Å²) in [6.45, 7) is 0.774. The van der Waals surface area contributed by atoms with Gasteiger partial charge in [-0.1, -0.05) is 36.4 Å². The molecule has 0 unspecified atom stereocenters. The van der Waals surface area contributed by atoms with E-state index in [1.807, 2.05) is 18.2 Å². The average Bonchev–Trinajstić information content (AvgIpc) is 2.54. The zero-order valence-corrected chi connectivity index (χ0v) is 13.4. The lowest BCUT2D eigenvalue weighted by molar-refractivity contribution is 0.415. The SMILES string of the molecule is COc1ccc(Br)c(NCc2ccc3ccccc3c2)c1. The molecular formula is C18H16BrNO. The number of hydrogen-bond donors (Lipinski definition) is 1. The normalized spacial score (nSPS) is 10.6. The van der Waals surface area contributed by atoms with Crippen LogP contribution in [0.15, 0.2) is 65.1 Å². The van der Waals surface area contributed by atoms with Crippen molar-refractivity contribution in [3.05, 3.63) is 70.7 Å². The lowest BCUT2D eigenvalue weighted by Crippen LogP contribution is -2.00. The quantitative estimate of drug-likeness (QED) is 0.702. The first kappa shape index (κ1) is 14.0. The van der Waals surface area contributed by atoms with Gasteiger partial charge in [0.25, 0.3) is 0 Å². The van der Waals surface area contributed by atoms with Crippen LogP contribution in [0.2, 0.25) is 0 Å². The van der Waals surface area contributed by atoms with Crippen LogP contribution in [0.5, 0.6) is 5.75 Å². The number of anilines is 1. The molecule has 0 aliphatic carbocycles. The highest BCUT2D eigenvalue weighted by atomic mass is 79.9. The van der Waals surface area contributed by atoms with Gasteiger partial charge in [-0.25, -0.2) is 0 Å². The molecule has 0 saturated heterocycles. The highest BCUT2D eigenvalue weighted by Gasteiger charge is 2.02. The Morgan fingerprint density at radius 3 is 2.57 bits per heavy atom. The molecule has 0 amide bonds. The summed E-state index contributed by atoms with van der Waals surface area (Å²) < 4.78 is 6.29. The Hall–Kier alpha value is -2.00. The van der Waals surface area contributed by atoms with Crippen molar-refractivity contribution in [1.29, 1.82) is 0 Å². The molecule has 3 aromatic rings. The summed E-state index contributed by atoms with van der Waals surface area (Å²) >= 11 is 3.55. The summed E-state index contributed by atoms with van der Waals surface area (Å²) in [6.07, 6.45) is 0. The molecule has 2 nitrogen and oxygen atoms in total. The van der Waals surface area contributed by atoms with Crippen LogP contribution in [0, 0.1) is 0 Å². The van der Waals surface area contributed by atoms with Gasteiger partial charge in [0.2, 0.25) is 0 Å². The molecule has 0 aliphatic rings. The van der Waals surface area contributed by atoms with E-state index in [1.54, 1.807) is 7.11 Å². The van der Waals surface area contributed by atoms with E-state index in [1.165, 1.54) is 16.3 Å². The largest absolute Gasteiger partial charge is 0.497 e. The number of halogens is 1. The minimum absolute atomic E-state index is 0.774. The van der Waals surface area contributed by atoms with Crippen molar-refractivity contribution in [3.8, 4) is 5.75 Å². The summed E-state index contributed by atoms with van der Waals surface area (Å²) in [4.78, 5) is 0. The Morgan fingerprint density at radius 1 is 0.952 bits per heavy atom. The molecule has 0 fully saturated rings. The van der Waals surface area contributed by atoms with Gasteiger partial charge in [-0.15, -0.1) is 0 Å². The molecular weight excluding hydrogens is 326 g/mol. The maximum atomic E-state index is 5.26. The van der Waals surface area contributed by atoms with E-state index in [-0.39, 0.29) is 0 Å². The standard InChI is InChI=1S/C18H16BrNO/c1-21-16-8-9-17(19)18(11-16)20-12-13-6-7-14-4-2-3-5-15(14)10-13/h2-11,20H,12H2,1H3. The fourth-order valence-corrected chi connectivity index (χ4v) is 2.70. The third kappa shape index (κ3) is 3.19. The van der Waals surface area contributed by atoms with Crippen LogP contribution in [0.1, 0.15) is 5.56 Å². The minimum Gasteiger partial charge on any atom is -0.497 e. The molecule has 3 heteroatoms. The van der Waals surface area contributed by atoms with Gasteiger partial charge >= 0.3 is 0 Å². The third-order valence-corrected chi connectivity index (χ3v) is 4.16. The van der Waals surface area contributed by atoms with Crippen molar-refractivity contribution in [2.45, 2.75) is 6.54 Å². The topological polar surface area (TPSA) is 21.3 Å². The van der Waals surface area contributed by atoms with Gasteiger partial charge in [-0.2, -0.15) is 0 Å². The first-order chi connectivity index (χ1) is 10.3. The maximum Gasteiger partial charge on any atom is 0.121 e. The Morgan fingerprint density at radius 2 is 1.76 bits per heavy atom. The molecule has 1 N–H and O–H groups in total. The van der Waals surface area contributed by atoms with Gasteiger partial charge in [-0.3, -0.25) is 0 Å². The van der Waals surface area contributed by atoms with E-state index < -0.39 is 0 Å². The van der Waals surface area contributed by atoms with Gasteiger partial charge in [0.15, 0.2) is 0 Å². The van der Waals surface area contributed by atoms with E-state index >= 15 is 0 Å². The molecule has 3 rings (SSSR count). The summed E-state index contributed by atoms with van der Waals surface area (Å²) in [5, 5.41) is 5.97. The molecule has 0 saturated carbocycles. The van der Waals surface area contributed by atoms with Gasteiger partial charge in [-0.05, 0) is 50.5 Å². The zero-order chi connectivity index (χ0) is 14.7. The van der Waals surface area contributed by atoms with Gasteiger partial charge in [0, 0.05) is 17.1 Å². The predicted octanol–water partition coefficient (Wildman–Crippen LogP) is 5.22. The smallest absolute Gasteiger partial charge is 0.121 e. The van der Waals surface area contributed by atoms with Gasteiger partial charge in [0.1, 0.15) is 5.75 Å². The molecule has 106 valence electrons. The van der Waals surface area contributed by atoms with Crippen LogP contribution in [0.25, 0.3) is 10.8 Å². The second-order valence-corrected chi connectivity index (χ2v) is 5.74. The number of rotatable bonds is 4. The Bertz CT molecular complexity index is 770. The first-order valence-electron chi connectivity index (χ1n) is 6.81. The van der Waals surface area contributed by atoms with Crippen LogP contribution in [-0.2, 0) is 6.54 Å². The molecule has 0 spiro atoms. The van der Waals surface area contributed by atoms with E-state index in [9.17, 15) is 0 Å². The van der Waals surface area contributed by atoms with Crippen molar-refractivity contribution >= 4 is 32.4 Å². The van der Waals surface area contributed by atoms with Gasteiger partial charge < -0.3 is 10.1 Å². The third-order valence-electron chi connectivity index (χ3n) is 3.47. The van der Waals surface area contributed by atoms with E-state index in [0.29, 0.717) is 0 Å². The second-order valence-electron chi connectivity index (χ2n) is 4.88. The summed E-state index contributed by atoms with van der Waals surface area (Å²) in [5.41, 5.74) is 2.28. The fraction of sp³-hybridized carbons (Fsp3) is 0.111. The lowest BCUT2D eigenvalue weighted by atomic mass is 10.1. The monoisotopic (exact) mass is 341 g/mol.